The summed E-state index contributed by atoms with van der Waals surface area (Å²) < 4.78 is 0. The van der Waals surface area contributed by atoms with Crippen molar-refractivity contribution in [3.05, 3.63) is 22.8 Å². The molecule has 4 aliphatic rings. The molecular formula is C29H48O. The van der Waals surface area contributed by atoms with Gasteiger partial charge < -0.3 is 5.11 Å². The molecule has 1 nitrogen and oxygen atoms in total. The molecule has 4 aliphatic carbocycles. The number of hydrogen-bond donors (Lipinski definition) is 1. The lowest BCUT2D eigenvalue weighted by molar-refractivity contribution is -0.0905. The third kappa shape index (κ3) is 3.37. The van der Waals surface area contributed by atoms with Gasteiger partial charge in [-0.05, 0) is 96.0 Å². The van der Waals surface area contributed by atoms with Gasteiger partial charge in [0.1, 0.15) is 0 Å². The molecule has 0 radical (unpaired) electrons. The van der Waals surface area contributed by atoms with E-state index in [1.165, 1.54) is 57.8 Å². The second-order valence-corrected chi connectivity index (χ2v) is 13.0. The van der Waals surface area contributed by atoms with E-state index in [2.05, 4.69) is 54.5 Å². The molecule has 4 rings (SSSR count). The molecule has 1 fully saturated rings. The number of allylic oxidation sites excluding steroid dienone is 4. The third-order valence-corrected chi connectivity index (χ3v) is 10.6. The Morgan fingerprint density at radius 2 is 1.70 bits per heavy atom. The highest BCUT2D eigenvalue weighted by molar-refractivity contribution is 5.49. The molecule has 170 valence electrons. The van der Waals surface area contributed by atoms with Gasteiger partial charge in [-0.2, -0.15) is 0 Å². The molecule has 0 aromatic rings. The van der Waals surface area contributed by atoms with E-state index in [9.17, 15) is 5.11 Å². The summed E-state index contributed by atoms with van der Waals surface area (Å²) in [6.45, 7) is 17.1. The second-order valence-electron chi connectivity index (χ2n) is 13.0. The fourth-order valence-electron chi connectivity index (χ4n) is 8.63. The van der Waals surface area contributed by atoms with Crippen molar-refractivity contribution in [2.75, 3.05) is 0 Å². The molecule has 0 aromatic heterocycles. The SMILES string of the molecule is CC(C)CCCC(C)[C@H]1CC=C2C3=C(CC[C@@]21C)[C@@]1(C)CCC(O)C(C)(C)[C@@H]1CC3. The minimum atomic E-state index is -0.131. The summed E-state index contributed by atoms with van der Waals surface area (Å²) in [5, 5.41) is 10.8. The van der Waals surface area contributed by atoms with Gasteiger partial charge >= 0.3 is 0 Å². The quantitative estimate of drug-likeness (QED) is 0.483. The van der Waals surface area contributed by atoms with Crippen molar-refractivity contribution < 1.29 is 5.11 Å². The van der Waals surface area contributed by atoms with Crippen LogP contribution in [0.15, 0.2) is 22.8 Å². The smallest absolute Gasteiger partial charge is 0.0594 e. The molecule has 6 atom stereocenters. The first-order chi connectivity index (χ1) is 14.0. The summed E-state index contributed by atoms with van der Waals surface area (Å²) in [6, 6.07) is 0. The maximum Gasteiger partial charge on any atom is 0.0594 e. The summed E-state index contributed by atoms with van der Waals surface area (Å²) in [5.74, 6) is 3.13. The van der Waals surface area contributed by atoms with E-state index < -0.39 is 0 Å². The first-order valence-corrected chi connectivity index (χ1v) is 13.1. The molecule has 0 heterocycles. The Kier molecular flexibility index (Phi) is 5.87. The van der Waals surface area contributed by atoms with E-state index in [0.29, 0.717) is 16.7 Å². The Labute approximate surface area is 186 Å². The van der Waals surface area contributed by atoms with Gasteiger partial charge in [-0.3, -0.25) is 0 Å². The van der Waals surface area contributed by atoms with Crippen molar-refractivity contribution in [2.45, 2.75) is 119 Å². The highest BCUT2D eigenvalue weighted by Gasteiger charge is 2.57. The molecule has 0 aliphatic heterocycles. The fraction of sp³-hybridized carbons (Fsp3) is 0.862. The number of aliphatic hydroxyl groups is 1. The lowest BCUT2D eigenvalue weighted by Crippen LogP contribution is -2.53. The number of aliphatic hydroxyl groups excluding tert-OH is 1. The number of hydrogen-bond acceptors (Lipinski definition) is 1. The van der Waals surface area contributed by atoms with Gasteiger partial charge in [-0.1, -0.05) is 79.4 Å². The predicted octanol–water partition coefficient (Wildman–Crippen LogP) is 8.09. The Bertz CT molecular complexity index is 725. The van der Waals surface area contributed by atoms with E-state index >= 15 is 0 Å². The van der Waals surface area contributed by atoms with Crippen molar-refractivity contribution >= 4 is 0 Å². The summed E-state index contributed by atoms with van der Waals surface area (Å²) in [4.78, 5) is 0. The molecule has 0 bridgehead atoms. The Hall–Kier alpha value is -0.560. The summed E-state index contributed by atoms with van der Waals surface area (Å²) in [5.41, 5.74) is 6.09. The highest BCUT2D eigenvalue weighted by atomic mass is 16.3. The fourth-order valence-corrected chi connectivity index (χ4v) is 8.63. The van der Waals surface area contributed by atoms with E-state index in [1.807, 2.05) is 0 Å². The van der Waals surface area contributed by atoms with Gasteiger partial charge in [0.15, 0.2) is 0 Å². The Morgan fingerprint density at radius 3 is 2.40 bits per heavy atom. The first-order valence-electron chi connectivity index (χ1n) is 13.1. The molecule has 1 heteroatoms. The highest BCUT2D eigenvalue weighted by Crippen LogP contribution is 2.66. The van der Waals surface area contributed by atoms with Crippen LogP contribution in [0.25, 0.3) is 0 Å². The first kappa shape index (κ1) is 22.6. The molecular weight excluding hydrogens is 364 g/mol. The van der Waals surface area contributed by atoms with Gasteiger partial charge in [0.25, 0.3) is 0 Å². The zero-order chi connectivity index (χ0) is 21.9. The van der Waals surface area contributed by atoms with Crippen molar-refractivity contribution in [1.82, 2.24) is 0 Å². The Morgan fingerprint density at radius 1 is 0.967 bits per heavy atom. The van der Waals surface area contributed by atoms with Crippen LogP contribution >= 0.6 is 0 Å². The van der Waals surface area contributed by atoms with Crippen LogP contribution < -0.4 is 0 Å². The van der Waals surface area contributed by atoms with Gasteiger partial charge in [-0.15, -0.1) is 0 Å². The predicted molar refractivity (Wildman–Crippen MR) is 128 cm³/mol. The molecule has 30 heavy (non-hydrogen) atoms. The van der Waals surface area contributed by atoms with E-state index in [1.54, 1.807) is 16.7 Å². The lowest BCUT2D eigenvalue weighted by Gasteiger charge is -2.59. The van der Waals surface area contributed by atoms with Crippen LogP contribution in [0.2, 0.25) is 0 Å². The van der Waals surface area contributed by atoms with Gasteiger partial charge in [0.2, 0.25) is 0 Å². The minimum absolute atomic E-state index is 0.0454. The maximum atomic E-state index is 10.8. The summed E-state index contributed by atoms with van der Waals surface area (Å²) in [6.07, 6.45) is 15.3. The largest absolute Gasteiger partial charge is 0.393 e. The lowest BCUT2D eigenvalue weighted by atomic mass is 9.46. The normalized spacial score (nSPS) is 41.2. The van der Waals surface area contributed by atoms with E-state index in [-0.39, 0.29) is 11.5 Å². The molecule has 1 saturated carbocycles. The average Bonchev–Trinajstić information content (AvgIpc) is 3.02. The minimum Gasteiger partial charge on any atom is -0.393 e. The van der Waals surface area contributed by atoms with Crippen LogP contribution in [0.5, 0.6) is 0 Å². The van der Waals surface area contributed by atoms with Gasteiger partial charge in [-0.25, -0.2) is 0 Å². The van der Waals surface area contributed by atoms with E-state index in [4.69, 9.17) is 0 Å². The monoisotopic (exact) mass is 412 g/mol. The zero-order valence-corrected chi connectivity index (χ0v) is 21.0. The van der Waals surface area contributed by atoms with Crippen LogP contribution in [-0.2, 0) is 0 Å². The van der Waals surface area contributed by atoms with E-state index in [0.717, 1.165) is 24.2 Å². The van der Waals surface area contributed by atoms with Crippen LogP contribution in [0.3, 0.4) is 0 Å². The van der Waals surface area contributed by atoms with Crippen LogP contribution in [-0.4, -0.2) is 11.2 Å². The maximum absolute atomic E-state index is 10.8. The third-order valence-electron chi connectivity index (χ3n) is 10.6. The van der Waals surface area contributed by atoms with Crippen molar-refractivity contribution in [1.29, 1.82) is 0 Å². The number of fused-ring (bicyclic) bond motifs is 4. The van der Waals surface area contributed by atoms with Gasteiger partial charge in [0.05, 0.1) is 6.10 Å². The molecule has 0 saturated heterocycles. The molecule has 0 amide bonds. The molecule has 0 spiro atoms. The van der Waals surface area contributed by atoms with Crippen LogP contribution in [0.1, 0.15) is 113 Å². The topological polar surface area (TPSA) is 20.2 Å². The average molecular weight is 413 g/mol. The molecule has 0 aromatic carbocycles. The number of rotatable bonds is 5. The standard InChI is InChI=1S/C29H48O/c1-19(2)9-8-10-20(3)22-12-13-23-21-11-14-25-27(4,5)26(30)16-18-29(25,7)24(21)15-17-28(22,23)6/h13,19-20,22,25-26,30H,8-12,14-18H2,1-7H3/t20?,22-,25+,26?,28-,29-/m1/s1. The Balaban J connectivity index is 1.58. The zero-order valence-electron chi connectivity index (χ0n) is 21.0. The van der Waals surface area contributed by atoms with Crippen molar-refractivity contribution in [3.8, 4) is 0 Å². The van der Waals surface area contributed by atoms with Crippen molar-refractivity contribution in [3.63, 3.8) is 0 Å². The molecule has 2 unspecified atom stereocenters. The second kappa shape index (κ2) is 7.79. The summed E-state index contributed by atoms with van der Waals surface area (Å²) in [7, 11) is 0. The van der Waals surface area contributed by atoms with Crippen LogP contribution in [0.4, 0.5) is 0 Å². The van der Waals surface area contributed by atoms with Crippen molar-refractivity contribution in [2.24, 2.45) is 39.9 Å². The molecule has 1 N–H and O–H groups in total. The summed E-state index contributed by atoms with van der Waals surface area (Å²) >= 11 is 0. The van der Waals surface area contributed by atoms with Crippen LogP contribution in [0, 0.1) is 39.9 Å². The van der Waals surface area contributed by atoms with Gasteiger partial charge in [0, 0.05) is 0 Å².